The van der Waals surface area contributed by atoms with Crippen LogP contribution in [0.3, 0.4) is 0 Å². The summed E-state index contributed by atoms with van der Waals surface area (Å²) in [5.41, 5.74) is 0.386. The molecule has 0 bridgehead atoms. The first-order valence-electron chi connectivity index (χ1n) is 5.29. The van der Waals surface area contributed by atoms with E-state index in [0.29, 0.717) is 12.7 Å². The van der Waals surface area contributed by atoms with Gasteiger partial charge in [0.1, 0.15) is 11.8 Å². The van der Waals surface area contributed by atoms with Gasteiger partial charge in [-0.3, -0.25) is 4.79 Å². The molecule has 3 N–H and O–H groups in total. The van der Waals surface area contributed by atoms with Crippen LogP contribution in [-0.4, -0.2) is 34.3 Å². The quantitative estimate of drug-likeness (QED) is 0.523. The number of halogens is 5. The predicted octanol–water partition coefficient (Wildman–Crippen LogP) is 2.28. The minimum Gasteiger partial charge on any atom is -0.506 e. The Balaban J connectivity index is 2.95. The number of carboxylic acid groups (broad SMARTS) is 1. The van der Waals surface area contributed by atoms with Crippen molar-refractivity contribution < 1.29 is 33.0 Å². The molecule has 21 heavy (non-hydrogen) atoms. The number of carboxylic acids is 1. The van der Waals surface area contributed by atoms with Gasteiger partial charge in [0.25, 0.3) is 0 Å². The Kier molecular flexibility index (Phi) is 6.07. The van der Waals surface area contributed by atoms with Gasteiger partial charge in [-0.1, -0.05) is 0 Å². The number of hydrogen-bond donors (Lipinski definition) is 3. The molecule has 10 heteroatoms. The molecule has 1 aromatic rings. The number of amides is 1. The Morgan fingerprint density at radius 3 is 2.10 bits per heavy atom. The molecule has 1 rings (SSSR count). The van der Waals surface area contributed by atoms with Gasteiger partial charge in [0.2, 0.25) is 0 Å². The van der Waals surface area contributed by atoms with Crippen molar-refractivity contribution in [3.8, 4) is 5.75 Å². The maximum Gasteiger partial charge on any atom is 0.471 e. The molecule has 0 aromatic heterocycles. The number of aliphatic carboxylic acids is 1. The minimum atomic E-state index is -5.15. The van der Waals surface area contributed by atoms with Gasteiger partial charge in [-0.25, -0.2) is 4.79 Å². The monoisotopic (exact) mass is 529 g/mol. The molecule has 1 aromatic carbocycles. The van der Waals surface area contributed by atoms with Crippen LogP contribution < -0.4 is 5.32 Å². The van der Waals surface area contributed by atoms with Crippen LogP contribution in [0.5, 0.6) is 5.75 Å². The maximum atomic E-state index is 12.2. The smallest absolute Gasteiger partial charge is 0.471 e. The number of nitrogens with one attached hydrogen (secondary N) is 1. The lowest BCUT2D eigenvalue weighted by molar-refractivity contribution is -0.175. The summed E-state index contributed by atoms with van der Waals surface area (Å²) < 4.78 is 37.3. The number of aromatic hydroxyl groups is 1. The van der Waals surface area contributed by atoms with Gasteiger partial charge >= 0.3 is 18.1 Å². The second-order valence-electron chi connectivity index (χ2n) is 3.97. The van der Waals surface area contributed by atoms with Crippen LogP contribution in [0, 0.1) is 7.14 Å². The molecule has 0 heterocycles. The average Bonchev–Trinajstić information content (AvgIpc) is 2.33. The molecule has 0 aliphatic rings. The molecule has 5 nitrogen and oxygen atoms in total. The second-order valence-corrected chi connectivity index (χ2v) is 6.30. The summed E-state index contributed by atoms with van der Waals surface area (Å²) >= 11 is 3.62. The normalized spacial score (nSPS) is 12.8. The molecular formula is C11H8F3I2NO4. The molecule has 0 spiro atoms. The zero-order valence-electron chi connectivity index (χ0n) is 10.0. The summed E-state index contributed by atoms with van der Waals surface area (Å²) in [5, 5.41) is 19.9. The summed E-state index contributed by atoms with van der Waals surface area (Å²) in [6.07, 6.45) is -5.48. The van der Waals surface area contributed by atoms with Crippen molar-refractivity contribution in [1.29, 1.82) is 0 Å². The van der Waals surface area contributed by atoms with E-state index in [-0.39, 0.29) is 12.2 Å². The van der Waals surface area contributed by atoms with Crippen LogP contribution in [0.4, 0.5) is 13.2 Å². The Morgan fingerprint density at radius 1 is 1.24 bits per heavy atom. The lowest BCUT2D eigenvalue weighted by Gasteiger charge is -2.16. The number of phenolic OH excluding ortho intramolecular Hbond substituents is 1. The molecule has 116 valence electrons. The van der Waals surface area contributed by atoms with Crippen molar-refractivity contribution in [2.45, 2.75) is 18.6 Å². The summed E-state index contributed by atoms with van der Waals surface area (Å²) in [4.78, 5) is 21.8. The Labute approximate surface area is 144 Å². The fraction of sp³-hybridized carbons (Fsp3) is 0.273. The van der Waals surface area contributed by atoms with E-state index in [1.54, 1.807) is 0 Å². The van der Waals surface area contributed by atoms with Crippen LogP contribution in [0.1, 0.15) is 5.56 Å². The Hall–Kier alpha value is -0.790. The highest BCUT2D eigenvalue weighted by molar-refractivity contribution is 14.1. The molecule has 1 amide bonds. The molecule has 0 aliphatic carbocycles. The van der Waals surface area contributed by atoms with E-state index in [1.807, 2.05) is 45.2 Å². The summed E-state index contributed by atoms with van der Waals surface area (Å²) in [7, 11) is 0. The Morgan fingerprint density at radius 2 is 1.71 bits per heavy atom. The number of alkyl halides is 3. The third kappa shape index (κ3) is 5.16. The van der Waals surface area contributed by atoms with Crippen molar-refractivity contribution in [3.63, 3.8) is 0 Å². The number of hydrogen-bond acceptors (Lipinski definition) is 3. The second kappa shape index (κ2) is 6.98. The van der Waals surface area contributed by atoms with Crippen molar-refractivity contribution >= 4 is 57.1 Å². The molecule has 1 atom stereocenters. The fourth-order valence-electron chi connectivity index (χ4n) is 1.41. The van der Waals surface area contributed by atoms with Gasteiger partial charge in [0.15, 0.2) is 0 Å². The van der Waals surface area contributed by atoms with Crippen LogP contribution >= 0.6 is 45.2 Å². The lowest BCUT2D eigenvalue weighted by Crippen LogP contribution is -2.47. The van der Waals surface area contributed by atoms with Crippen LogP contribution in [0.15, 0.2) is 12.1 Å². The van der Waals surface area contributed by atoms with Crippen LogP contribution in [0.2, 0.25) is 0 Å². The van der Waals surface area contributed by atoms with Crippen LogP contribution in [-0.2, 0) is 16.0 Å². The standard InChI is InChI=1S/C11H8F3I2NO4/c12-11(13,14)10(21)17-7(9(19)20)3-4-1-5(15)8(18)6(16)2-4/h1-2,7,18H,3H2,(H,17,21)(H,19,20)/t7-/m1/s1. The van der Waals surface area contributed by atoms with Crippen molar-refractivity contribution in [3.05, 3.63) is 24.8 Å². The van der Waals surface area contributed by atoms with E-state index in [1.165, 1.54) is 17.4 Å². The molecule has 0 fully saturated rings. The van der Waals surface area contributed by atoms with Crippen molar-refractivity contribution in [2.24, 2.45) is 0 Å². The SMILES string of the molecule is O=C(O)[C@@H](Cc1cc(I)c(O)c(I)c1)NC(=O)C(F)(F)F. The largest absolute Gasteiger partial charge is 0.506 e. The van der Waals surface area contributed by atoms with Crippen molar-refractivity contribution in [2.75, 3.05) is 0 Å². The van der Waals surface area contributed by atoms with Gasteiger partial charge in [-0.05, 0) is 62.9 Å². The summed E-state index contributed by atoms with van der Waals surface area (Å²) in [6, 6.07) is 1.16. The first-order chi connectivity index (χ1) is 9.52. The third-order valence-electron chi connectivity index (χ3n) is 2.38. The molecule has 0 unspecified atom stereocenters. The highest BCUT2D eigenvalue weighted by atomic mass is 127. The topological polar surface area (TPSA) is 86.6 Å². The molecular weight excluding hydrogens is 521 g/mol. The Bertz CT molecular complexity index is 554. The van der Waals surface area contributed by atoms with Crippen LogP contribution in [0.25, 0.3) is 0 Å². The van der Waals surface area contributed by atoms with Gasteiger partial charge in [0.05, 0.1) is 7.14 Å². The lowest BCUT2D eigenvalue weighted by atomic mass is 10.1. The maximum absolute atomic E-state index is 12.2. The number of carbonyl (C=O) groups excluding carboxylic acids is 1. The van der Waals surface area contributed by atoms with E-state index >= 15 is 0 Å². The molecule has 0 saturated carbocycles. The third-order valence-corrected chi connectivity index (χ3v) is 4.02. The van der Waals surface area contributed by atoms with Gasteiger partial charge in [0, 0.05) is 6.42 Å². The number of rotatable bonds is 4. The van der Waals surface area contributed by atoms with E-state index in [9.17, 15) is 27.9 Å². The molecule has 0 radical (unpaired) electrons. The van der Waals surface area contributed by atoms with E-state index in [2.05, 4.69) is 0 Å². The highest BCUT2D eigenvalue weighted by Crippen LogP contribution is 2.28. The first-order valence-corrected chi connectivity index (χ1v) is 7.45. The number of carbonyl (C=O) groups is 2. The van der Waals surface area contributed by atoms with E-state index in [4.69, 9.17) is 5.11 Å². The number of phenols is 1. The zero-order valence-corrected chi connectivity index (χ0v) is 14.4. The summed E-state index contributed by atoms with van der Waals surface area (Å²) in [5.74, 6) is -3.88. The predicted molar refractivity (Wildman–Crippen MR) is 82.9 cm³/mol. The average molecular weight is 529 g/mol. The highest BCUT2D eigenvalue weighted by Gasteiger charge is 2.40. The number of benzene rings is 1. The molecule has 0 aliphatic heterocycles. The van der Waals surface area contributed by atoms with E-state index < -0.39 is 24.1 Å². The molecule has 0 saturated heterocycles. The van der Waals surface area contributed by atoms with Gasteiger partial charge < -0.3 is 15.5 Å². The first kappa shape index (κ1) is 18.3. The minimum absolute atomic E-state index is 0.00570. The fourth-order valence-corrected chi connectivity index (χ4v) is 3.31. The van der Waals surface area contributed by atoms with Gasteiger partial charge in [-0.2, -0.15) is 13.2 Å². The van der Waals surface area contributed by atoms with Crippen molar-refractivity contribution in [1.82, 2.24) is 5.32 Å². The van der Waals surface area contributed by atoms with E-state index in [0.717, 1.165) is 0 Å². The van der Waals surface area contributed by atoms with Gasteiger partial charge in [-0.15, -0.1) is 0 Å². The summed E-state index contributed by atoms with van der Waals surface area (Å²) in [6.45, 7) is 0. The zero-order chi connectivity index (χ0) is 16.4.